The first-order valence-corrected chi connectivity index (χ1v) is 5.97. The number of benzene rings is 1. The maximum absolute atomic E-state index is 12.6. The Hall–Kier alpha value is -2.87. The summed E-state index contributed by atoms with van der Waals surface area (Å²) in [5.74, 6) is 0. The number of rotatable bonds is 5. The first-order valence-electron chi connectivity index (χ1n) is 5.97. The molecule has 0 aromatic heterocycles. The lowest BCUT2D eigenvalue weighted by Crippen LogP contribution is -2.19. The van der Waals surface area contributed by atoms with E-state index in [4.69, 9.17) is 10.5 Å². The minimum atomic E-state index is -4.72. The van der Waals surface area contributed by atoms with Gasteiger partial charge in [0, 0.05) is 18.1 Å². The maximum Gasteiger partial charge on any atom is 0.416 e. The second kappa shape index (κ2) is 6.27. The minimum absolute atomic E-state index is 0.0574. The van der Waals surface area contributed by atoms with Crippen LogP contribution in [0.15, 0.2) is 30.9 Å². The molecule has 0 heterocycles. The van der Waals surface area contributed by atoms with Gasteiger partial charge in [0.05, 0.1) is 22.6 Å². The Morgan fingerprint density at radius 3 is 2.32 bits per heavy atom. The lowest BCUT2D eigenvalue weighted by atomic mass is 9.81. The predicted molar refractivity (Wildman–Crippen MR) is 70.3 cm³/mol. The molecule has 114 valence electrons. The summed E-state index contributed by atoms with van der Waals surface area (Å²) >= 11 is 0. The van der Waals surface area contributed by atoms with E-state index in [1.807, 2.05) is 0 Å². The van der Waals surface area contributed by atoms with E-state index in [-0.39, 0.29) is 18.4 Å². The Morgan fingerprint density at radius 2 is 1.91 bits per heavy atom. The van der Waals surface area contributed by atoms with Gasteiger partial charge in [-0.2, -0.15) is 23.7 Å². The van der Waals surface area contributed by atoms with Gasteiger partial charge in [0.2, 0.25) is 0 Å². The monoisotopic (exact) mass is 309 g/mol. The molecule has 1 aromatic rings. The lowest BCUT2D eigenvalue weighted by Gasteiger charge is -2.17. The molecular weight excluding hydrogens is 299 g/mol. The first kappa shape index (κ1) is 17.2. The number of nitriles is 2. The van der Waals surface area contributed by atoms with Gasteiger partial charge in [-0.3, -0.25) is 10.1 Å². The van der Waals surface area contributed by atoms with Gasteiger partial charge in [0.25, 0.3) is 5.69 Å². The summed E-state index contributed by atoms with van der Waals surface area (Å²) < 4.78 is 37.8. The third-order valence-electron chi connectivity index (χ3n) is 3.02. The molecule has 5 nitrogen and oxygen atoms in total. The van der Waals surface area contributed by atoms with Gasteiger partial charge in [0.15, 0.2) is 5.41 Å². The average Bonchev–Trinajstić information content (AvgIpc) is 2.45. The number of nitro benzene ring substituents is 1. The van der Waals surface area contributed by atoms with E-state index in [1.165, 1.54) is 6.08 Å². The molecule has 1 rings (SSSR count). The molecule has 0 saturated heterocycles. The van der Waals surface area contributed by atoms with E-state index >= 15 is 0 Å². The van der Waals surface area contributed by atoms with Crippen LogP contribution in [0.25, 0.3) is 0 Å². The van der Waals surface area contributed by atoms with Crippen molar-refractivity contribution in [3.8, 4) is 12.1 Å². The van der Waals surface area contributed by atoms with Gasteiger partial charge >= 0.3 is 6.18 Å². The van der Waals surface area contributed by atoms with Crippen molar-refractivity contribution in [2.75, 3.05) is 0 Å². The van der Waals surface area contributed by atoms with Crippen LogP contribution in [-0.2, 0) is 12.6 Å². The summed E-state index contributed by atoms with van der Waals surface area (Å²) in [4.78, 5) is 10.0. The van der Waals surface area contributed by atoms with Crippen LogP contribution in [0.5, 0.6) is 0 Å². The Kier molecular flexibility index (Phi) is 4.90. The van der Waals surface area contributed by atoms with Crippen LogP contribution in [0.1, 0.15) is 17.5 Å². The van der Waals surface area contributed by atoms with Gasteiger partial charge in [-0.1, -0.05) is 12.1 Å². The van der Waals surface area contributed by atoms with Crippen molar-refractivity contribution in [3.05, 3.63) is 52.1 Å². The van der Waals surface area contributed by atoms with Crippen molar-refractivity contribution in [2.24, 2.45) is 5.41 Å². The van der Waals surface area contributed by atoms with E-state index in [0.717, 1.165) is 6.07 Å². The third-order valence-corrected chi connectivity index (χ3v) is 3.02. The molecule has 0 atom stereocenters. The SMILES string of the molecule is C=CCC(C#N)(C#N)Cc1ccc(C(F)(F)F)cc1[N+](=O)[O-]. The highest BCUT2D eigenvalue weighted by molar-refractivity contribution is 5.46. The second-order valence-electron chi connectivity index (χ2n) is 4.57. The molecular formula is C14H10F3N3O2. The molecule has 0 spiro atoms. The molecule has 8 heteroatoms. The van der Waals surface area contributed by atoms with Crippen molar-refractivity contribution >= 4 is 5.69 Å². The van der Waals surface area contributed by atoms with Gasteiger partial charge < -0.3 is 0 Å². The maximum atomic E-state index is 12.6. The van der Waals surface area contributed by atoms with Crippen molar-refractivity contribution in [3.63, 3.8) is 0 Å². The molecule has 1 aromatic carbocycles. The van der Waals surface area contributed by atoms with Gasteiger partial charge in [0.1, 0.15) is 0 Å². The van der Waals surface area contributed by atoms with E-state index in [9.17, 15) is 23.3 Å². The fourth-order valence-electron chi connectivity index (χ4n) is 1.90. The molecule has 0 aliphatic carbocycles. The highest BCUT2D eigenvalue weighted by atomic mass is 19.4. The summed E-state index contributed by atoms with van der Waals surface area (Å²) in [6, 6.07) is 5.52. The number of hydrogen-bond donors (Lipinski definition) is 0. The number of allylic oxidation sites excluding steroid dienone is 1. The van der Waals surface area contributed by atoms with Crippen LogP contribution < -0.4 is 0 Å². The number of nitrogens with zero attached hydrogens (tertiary/aromatic N) is 3. The highest BCUT2D eigenvalue weighted by Gasteiger charge is 2.36. The molecule has 22 heavy (non-hydrogen) atoms. The Labute approximate surface area is 124 Å². The summed E-state index contributed by atoms with van der Waals surface area (Å²) in [6.07, 6.45) is -3.83. The fourth-order valence-corrected chi connectivity index (χ4v) is 1.90. The second-order valence-corrected chi connectivity index (χ2v) is 4.57. The highest BCUT2D eigenvalue weighted by Crippen LogP contribution is 2.36. The normalized spacial score (nSPS) is 11.3. The Bertz CT molecular complexity index is 670. The molecule has 0 N–H and O–H groups in total. The zero-order chi connectivity index (χ0) is 17.0. The number of halogens is 3. The van der Waals surface area contributed by atoms with Crippen molar-refractivity contribution in [1.29, 1.82) is 10.5 Å². The van der Waals surface area contributed by atoms with E-state index < -0.39 is 27.8 Å². The molecule has 0 saturated carbocycles. The van der Waals surface area contributed by atoms with E-state index in [1.54, 1.807) is 12.1 Å². The van der Waals surface area contributed by atoms with E-state index in [2.05, 4.69) is 6.58 Å². The van der Waals surface area contributed by atoms with Crippen LogP contribution in [0.3, 0.4) is 0 Å². The molecule has 0 bridgehead atoms. The molecule has 0 radical (unpaired) electrons. The lowest BCUT2D eigenvalue weighted by molar-refractivity contribution is -0.385. The number of hydrogen-bond acceptors (Lipinski definition) is 4. The number of alkyl halides is 3. The zero-order valence-electron chi connectivity index (χ0n) is 11.2. The predicted octanol–water partition coefficient (Wildman–Crippen LogP) is 3.77. The van der Waals surface area contributed by atoms with Crippen LogP contribution >= 0.6 is 0 Å². The van der Waals surface area contributed by atoms with Gasteiger partial charge in [-0.15, -0.1) is 6.58 Å². The third kappa shape index (κ3) is 3.61. The topological polar surface area (TPSA) is 90.7 Å². The standard InChI is InChI=1S/C14H10F3N3O2/c1-2-5-13(8-18,9-19)7-10-3-4-11(14(15,16)17)6-12(10)20(21)22/h2-4,6H,1,5,7H2. The fraction of sp³-hybridized carbons (Fsp3) is 0.286. The van der Waals surface area contributed by atoms with Gasteiger partial charge in [-0.25, -0.2) is 0 Å². The van der Waals surface area contributed by atoms with Crippen molar-refractivity contribution in [2.45, 2.75) is 19.0 Å². The Balaban J connectivity index is 3.37. The van der Waals surface area contributed by atoms with Crippen LogP contribution in [0.4, 0.5) is 18.9 Å². The number of nitro groups is 1. The largest absolute Gasteiger partial charge is 0.416 e. The molecule has 0 aliphatic heterocycles. The van der Waals surface area contributed by atoms with Crippen LogP contribution in [0, 0.1) is 38.2 Å². The van der Waals surface area contributed by atoms with Crippen molar-refractivity contribution < 1.29 is 18.1 Å². The van der Waals surface area contributed by atoms with Crippen molar-refractivity contribution in [1.82, 2.24) is 0 Å². The Morgan fingerprint density at radius 1 is 1.32 bits per heavy atom. The zero-order valence-corrected chi connectivity index (χ0v) is 11.2. The molecule has 0 unspecified atom stereocenters. The molecule has 0 fully saturated rings. The smallest absolute Gasteiger partial charge is 0.258 e. The summed E-state index contributed by atoms with van der Waals surface area (Å²) in [5, 5.41) is 29.2. The van der Waals surface area contributed by atoms with Gasteiger partial charge in [-0.05, 0) is 12.5 Å². The first-order chi connectivity index (χ1) is 10.2. The minimum Gasteiger partial charge on any atom is -0.258 e. The summed E-state index contributed by atoms with van der Waals surface area (Å²) in [5.41, 5.74) is -3.64. The summed E-state index contributed by atoms with van der Waals surface area (Å²) in [7, 11) is 0. The molecule has 0 aliphatic rings. The van der Waals surface area contributed by atoms with E-state index in [0.29, 0.717) is 12.1 Å². The van der Waals surface area contributed by atoms with Crippen LogP contribution in [0.2, 0.25) is 0 Å². The average molecular weight is 309 g/mol. The molecule has 0 amide bonds. The quantitative estimate of drug-likeness (QED) is 0.470. The summed E-state index contributed by atoms with van der Waals surface area (Å²) in [6.45, 7) is 3.40. The van der Waals surface area contributed by atoms with Crippen LogP contribution in [-0.4, -0.2) is 4.92 Å².